The van der Waals surface area contributed by atoms with E-state index in [1.165, 1.54) is 120 Å². The van der Waals surface area contributed by atoms with Crippen LogP contribution in [0.1, 0.15) is 58.4 Å². The number of rotatable bonds is 5. The summed E-state index contributed by atoms with van der Waals surface area (Å²) in [6.45, 7) is 10.7. The molecule has 2 heteroatoms. The Kier molecular flexibility index (Phi) is 10.7. The topological polar surface area (TPSA) is 3.24 Å². The average Bonchev–Trinajstić information content (AvgIpc) is 4.44. The highest BCUT2D eigenvalue weighted by Crippen LogP contribution is 2.65. The van der Waals surface area contributed by atoms with E-state index < -0.39 is 10.8 Å². The summed E-state index contributed by atoms with van der Waals surface area (Å²) < 4.78 is 2.65. The zero-order valence-electron chi connectivity index (χ0n) is 42.6. The summed E-state index contributed by atoms with van der Waals surface area (Å²) in [7, 11) is 0. The van der Waals surface area contributed by atoms with Crippen LogP contribution in [0.2, 0.25) is 0 Å². The molecule has 0 unspecified atom stereocenters. The van der Waals surface area contributed by atoms with Gasteiger partial charge in [0.05, 0.1) is 10.8 Å². The molecule has 0 aliphatic heterocycles. The third-order valence-corrected chi connectivity index (χ3v) is 17.6. The van der Waals surface area contributed by atoms with Crippen molar-refractivity contribution in [1.29, 1.82) is 0 Å². The Hall–Kier alpha value is -9.08. The van der Waals surface area contributed by atoms with Crippen LogP contribution in [0.3, 0.4) is 0 Å². The smallest absolute Gasteiger partial charge is 0.0726 e. The number of allylic oxidation sites excluding steroid dienone is 2. The Labute approximate surface area is 449 Å². The normalized spacial score (nSPS) is 13.4. The molecule has 0 N–H and O–H groups in total. The van der Waals surface area contributed by atoms with Gasteiger partial charge in [-0.05, 0) is 155 Å². The lowest BCUT2D eigenvalue weighted by Gasteiger charge is -2.33. The maximum Gasteiger partial charge on any atom is 0.0726 e. The van der Waals surface area contributed by atoms with Crippen LogP contribution in [0, 0.1) is 0 Å². The molecule has 0 atom stereocenters. The number of fused-ring (bicyclic) bond motifs is 23. The number of benzene rings is 11. The van der Waals surface area contributed by atoms with Crippen LogP contribution in [0.25, 0.3) is 75.8 Å². The Balaban J connectivity index is 0.000000844. The first-order valence-electron chi connectivity index (χ1n) is 26.6. The lowest BCUT2D eigenvalue weighted by atomic mass is 9.70. The number of hydrogen-bond donors (Lipinski definition) is 0. The van der Waals surface area contributed by atoms with Crippen molar-refractivity contribution in [3.63, 3.8) is 0 Å². The molecule has 0 radical (unpaired) electrons. The van der Waals surface area contributed by atoms with Crippen LogP contribution < -0.4 is 4.90 Å². The van der Waals surface area contributed by atoms with E-state index in [1.807, 2.05) is 25.2 Å². The van der Waals surface area contributed by atoms with Crippen LogP contribution in [0.15, 0.2) is 274 Å². The molecule has 1 heterocycles. The van der Waals surface area contributed by atoms with Gasteiger partial charge in [0.25, 0.3) is 0 Å². The molecular weight excluding hydrogens is 935 g/mol. The molecule has 1 nitrogen and oxygen atoms in total. The minimum absolute atomic E-state index is 0.462. The quantitative estimate of drug-likeness (QED) is 0.155. The van der Waals surface area contributed by atoms with Gasteiger partial charge in [-0.15, -0.1) is 11.3 Å². The molecule has 16 rings (SSSR count). The van der Waals surface area contributed by atoms with Crippen molar-refractivity contribution in [2.75, 3.05) is 4.90 Å². The third kappa shape index (κ3) is 6.26. The summed E-state index contributed by atoms with van der Waals surface area (Å²) in [4.78, 5) is 2.52. The van der Waals surface area contributed by atoms with Crippen molar-refractivity contribution < 1.29 is 0 Å². The van der Waals surface area contributed by atoms with Gasteiger partial charge in [-0.25, -0.2) is 0 Å². The van der Waals surface area contributed by atoms with E-state index in [4.69, 9.17) is 0 Å². The van der Waals surface area contributed by atoms with E-state index in [0.29, 0.717) is 0 Å². The molecule has 0 saturated carbocycles. The largest absolute Gasteiger partial charge is 0.310 e. The lowest BCUT2D eigenvalue weighted by Crippen LogP contribution is -2.26. The second kappa shape index (κ2) is 17.8. The fourth-order valence-electron chi connectivity index (χ4n) is 13.6. The first-order valence-corrected chi connectivity index (χ1v) is 27.4. The van der Waals surface area contributed by atoms with Crippen molar-refractivity contribution in [2.45, 2.75) is 24.7 Å². The summed E-state index contributed by atoms with van der Waals surface area (Å²) in [5.74, 6) is 0. The molecule has 0 saturated heterocycles. The SMILES string of the molecule is C=CC=C.CC.c1ccc2c(c1)-c1ccccc1C21c2ccccc2-c2ccc(N(c3ccc(-c4ccc5sc6ccccc6c5c4)cc3)c3ccc4c(c3)C3(c5ccccc5-c5ccccc53)c3ccccc3-4)cc21. The van der Waals surface area contributed by atoms with Gasteiger partial charge in [0.15, 0.2) is 0 Å². The second-order valence-corrected chi connectivity index (χ2v) is 21.0. The van der Waals surface area contributed by atoms with Crippen LogP contribution >= 0.6 is 11.3 Å². The summed E-state index contributed by atoms with van der Waals surface area (Å²) in [6.07, 6.45) is 3.28. The van der Waals surface area contributed by atoms with Crippen molar-refractivity contribution in [3.05, 3.63) is 319 Å². The molecule has 76 heavy (non-hydrogen) atoms. The van der Waals surface area contributed by atoms with Gasteiger partial charge in [0, 0.05) is 37.2 Å². The van der Waals surface area contributed by atoms with Gasteiger partial charge >= 0.3 is 0 Å². The first kappa shape index (κ1) is 45.5. The lowest BCUT2D eigenvalue weighted by molar-refractivity contribution is 0.792. The van der Waals surface area contributed by atoms with Crippen LogP contribution in [0.5, 0.6) is 0 Å². The van der Waals surface area contributed by atoms with Crippen LogP contribution in [-0.2, 0) is 10.8 Å². The van der Waals surface area contributed by atoms with E-state index in [9.17, 15) is 0 Å². The van der Waals surface area contributed by atoms with Crippen LogP contribution in [-0.4, -0.2) is 0 Å². The molecule has 1 aromatic heterocycles. The Morgan fingerprint density at radius 3 is 1.04 bits per heavy atom. The monoisotopic (exact) mass is 987 g/mol. The predicted octanol–water partition coefficient (Wildman–Crippen LogP) is 20.3. The highest BCUT2D eigenvalue weighted by Gasteiger charge is 2.53. The van der Waals surface area contributed by atoms with E-state index in [2.05, 4.69) is 267 Å². The standard InChI is InChI=1S/C68H41NS.C4H6.C2H6/c1-8-22-57-47(15-1)48-16-2-9-23-58(48)67(57)61-26-12-5-19-51(61)53-36-34-45(40-63(53)67)69(44-32-29-42(30-33-44)43-31-38-66-56(39-43)55-21-7-14-28-65(55)70-66)46-35-37-54-52-20-6-13-27-62(52)68(64(54)41-46)59-24-10-3-17-49(59)50-18-4-11-25-60(50)68;1-3-4-2;1-2/h1-41H;3-4H,1-2H2;1-2H3. The molecule has 4 aliphatic carbocycles. The number of nitrogens with zero attached hydrogens (tertiary/aromatic N) is 1. The van der Waals surface area contributed by atoms with E-state index in [-0.39, 0.29) is 0 Å². The molecule has 360 valence electrons. The number of thiophene rings is 1. The molecule has 11 aromatic carbocycles. The highest BCUT2D eigenvalue weighted by molar-refractivity contribution is 7.25. The molecule has 4 aliphatic rings. The average molecular weight is 988 g/mol. The second-order valence-electron chi connectivity index (χ2n) is 19.9. The van der Waals surface area contributed by atoms with Crippen molar-refractivity contribution in [2.24, 2.45) is 0 Å². The molecule has 0 bridgehead atoms. The Morgan fingerprint density at radius 2 is 0.632 bits per heavy atom. The van der Waals surface area contributed by atoms with Gasteiger partial charge in [0.1, 0.15) is 0 Å². The number of anilines is 3. The number of hydrogen-bond acceptors (Lipinski definition) is 2. The fourth-order valence-corrected chi connectivity index (χ4v) is 14.7. The minimum atomic E-state index is -0.462. The zero-order chi connectivity index (χ0) is 51.1. The first-order chi connectivity index (χ1) is 37.6. The van der Waals surface area contributed by atoms with Crippen molar-refractivity contribution in [3.8, 4) is 55.6 Å². The van der Waals surface area contributed by atoms with E-state index >= 15 is 0 Å². The van der Waals surface area contributed by atoms with Gasteiger partial charge in [-0.2, -0.15) is 0 Å². The maximum absolute atomic E-state index is 3.36. The maximum atomic E-state index is 3.36. The Bertz CT molecular complexity index is 3990. The molecule has 2 spiro atoms. The molecular formula is C74H53NS. The van der Waals surface area contributed by atoms with Crippen molar-refractivity contribution >= 4 is 48.6 Å². The minimum Gasteiger partial charge on any atom is -0.310 e. The summed E-state index contributed by atoms with van der Waals surface area (Å²) in [6, 6.07) is 94.3. The highest BCUT2D eigenvalue weighted by atomic mass is 32.1. The van der Waals surface area contributed by atoms with Gasteiger partial charge in [-0.3, -0.25) is 0 Å². The van der Waals surface area contributed by atoms with E-state index in [1.54, 1.807) is 12.2 Å². The zero-order valence-corrected chi connectivity index (χ0v) is 43.4. The summed E-state index contributed by atoms with van der Waals surface area (Å²) in [5.41, 5.74) is 26.0. The van der Waals surface area contributed by atoms with Crippen LogP contribution in [0.4, 0.5) is 17.1 Å². The predicted molar refractivity (Wildman–Crippen MR) is 324 cm³/mol. The van der Waals surface area contributed by atoms with Crippen molar-refractivity contribution in [1.82, 2.24) is 0 Å². The van der Waals surface area contributed by atoms with Gasteiger partial charge in [-0.1, -0.05) is 233 Å². The molecule has 12 aromatic rings. The third-order valence-electron chi connectivity index (χ3n) is 16.5. The molecule has 0 fully saturated rings. The Morgan fingerprint density at radius 1 is 0.303 bits per heavy atom. The molecule has 0 amide bonds. The fraction of sp³-hybridized carbons (Fsp3) is 0.0541. The van der Waals surface area contributed by atoms with Gasteiger partial charge in [0.2, 0.25) is 0 Å². The van der Waals surface area contributed by atoms with E-state index in [0.717, 1.165) is 17.1 Å². The summed E-state index contributed by atoms with van der Waals surface area (Å²) >= 11 is 1.87. The summed E-state index contributed by atoms with van der Waals surface area (Å²) in [5, 5.41) is 2.63. The van der Waals surface area contributed by atoms with Gasteiger partial charge < -0.3 is 4.90 Å².